The molecule has 1 heterocycles. The normalized spacial score (nSPS) is 10.4. The fourth-order valence-corrected chi connectivity index (χ4v) is 3.88. The van der Waals surface area contributed by atoms with E-state index in [1.54, 1.807) is 13.2 Å². The van der Waals surface area contributed by atoms with Crippen LogP contribution in [0.5, 0.6) is 5.75 Å². The van der Waals surface area contributed by atoms with Crippen molar-refractivity contribution >= 4 is 22.6 Å². The van der Waals surface area contributed by atoms with Crippen LogP contribution in [-0.4, -0.2) is 24.3 Å². The van der Waals surface area contributed by atoms with Crippen LogP contribution in [0.15, 0.2) is 85.5 Å². The van der Waals surface area contributed by atoms with Crippen molar-refractivity contribution < 1.29 is 9.53 Å². The number of rotatable bonds is 7. The third kappa shape index (κ3) is 4.58. The van der Waals surface area contributed by atoms with Crippen LogP contribution in [-0.2, 0) is 6.54 Å². The number of nitriles is 1. The Kier molecular flexibility index (Phi) is 6.42. The first-order valence-electron chi connectivity index (χ1n) is 10.5. The van der Waals surface area contributed by atoms with Crippen LogP contribution in [0.25, 0.3) is 22.2 Å². The summed E-state index contributed by atoms with van der Waals surface area (Å²) < 4.78 is 7.58. The van der Waals surface area contributed by atoms with E-state index in [0.29, 0.717) is 24.3 Å². The maximum absolute atomic E-state index is 12.1. The van der Waals surface area contributed by atoms with E-state index in [1.165, 1.54) is 0 Å². The molecule has 6 nitrogen and oxygen atoms in total. The summed E-state index contributed by atoms with van der Waals surface area (Å²) in [5, 5.41) is 16.5. The predicted molar refractivity (Wildman–Crippen MR) is 131 cm³/mol. The average Bonchev–Trinajstić information content (AvgIpc) is 3.15. The number of amides is 2. The van der Waals surface area contributed by atoms with Crippen LogP contribution in [0.4, 0.5) is 10.5 Å². The van der Waals surface area contributed by atoms with Gasteiger partial charge in [0.05, 0.1) is 23.9 Å². The van der Waals surface area contributed by atoms with E-state index in [2.05, 4.69) is 40.0 Å². The minimum atomic E-state index is -0.317. The number of methoxy groups -OCH3 is 1. The van der Waals surface area contributed by atoms with Crippen LogP contribution < -0.4 is 15.4 Å². The number of anilines is 1. The molecule has 0 unspecified atom stereocenters. The van der Waals surface area contributed by atoms with Crippen molar-refractivity contribution in [1.82, 2.24) is 9.88 Å². The third-order valence-corrected chi connectivity index (χ3v) is 5.37. The zero-order chi connectivity index (χ0) is 23.2. The molecule has 0 saturated carbocycles. The molecule has 4 rings (SSSR count). The SMILES string of the molecule is C=CCNC(=O)Nc1cccc(-c2c(C#N)c3ccc(OC)cc3n2Cc2ccccc2)c1. The van der Waals surface area contributed by atoms with Crippen molar-refractivity contribution in [3.63, 3.8) is 0 Å². The molecule has 0 atom stereocenters. The van der Waals surface area contributed by atoms with Crippen molar-refractivity contribution in [2.24, 2.45) is 0 Å². The van der Waals surface area contributed by atoms with Gasteiger partial charge in [-0.05, 0) is 29.8 Å². The largest absolute Gasteiger partial charge is 0.497 e. The Balaban J connectivity index is 1.87. The van der Waals surface area contributed by atoms with E-state index in [4.69, 9.17) is 4.74 Å². The first-order chi connectivity index (χ1) is 16.1. The lowest BCUT2D eigenvalue weighted by molar-refractivity contribution is 0.253. The number of urea groups is 1. The number of aromatic nitrogens is 1. The molecule has 3 aromatic carbocycles. The standard InChI is InChI=1S/C27H24N4O2/c1-3-14-29-27(32)30-21-11-7-10-20(15-21)26-24(17-28)23-13-12-22(33-2)16-25(23)31(26)18-19-8-5-4-6-9-19/h3-13,15-16H,1,14,18H2,2H3,(H2,29,30,32). The number of carbonyl (C=O) groups is 1. The van der Waals surface area contributed by atoms with Crippen LogP contribution >= 0.6 is 0 Å². The van der Waals surface area contributed by atoms with Gasteiger partial charge in [0.2, 0.25) is 0 Å². The van der Waals surface area contributed by atoms with Crippen molar-refractivity contribution in [3.05, 3.63) is 96.6 Å². The molecule has 2 N–H and O–H groups in total. The number of ether oxygens (including phenoxy) is 1. The minimum absolute atomic E-state index is 0.317. The molecule has 0 aliphatic carbocycles. The Morgan fingerprint density at radius 1 is 1.12 bits per heavy atom. The predicted octanol–water partition coefficient (Wildman–Crippen LogP) is 5.54. The molecular weight excluding hydrogens is 412 g/mol. The van der Waals surface area contributed by atoms with Gasteiger partial charge in [0, 0.05) is 35.8 Å². The Morgan fingerprint density at radius 2 is 1.94 bits per heavy atom. The van der Waals surface area contributed by atoms with Crippen LogP contribution in [0.2, 0.25) is 0 Å². The summed E-state index contributed by atoms with van der Waals surface area (Å²) in [5.74, 6) is 0.722. The van der Waals surface area contributed by atoms with E-state index >= 15 is 0 Å². The number of hydrogen-bond acceptors (Lipinski definition) is 3. The van der Waals surface area contributed by atoms with Gasteiger partial charge in [0.1, 0.15) is 11.8 Å². The van der Waals surface area contributed by atoms with Crippen molar-refractivity contribution in [2.75, 3.05) is 19.0 Å². The summed E-state index contributed by atoms with van der Waals surface area (Å²) in [5.41, 5.74) is 4.86. The molecule has 0 saturated heterocycles. The van der Waals surface area contributed by atoms with Gasteiger partial charge in [-0.15, -0.1) is 6.58 Å². The van der Waals surface area contributed by atoms with Gasteiger partial charge < -0.3 is 19.9 Å². The Morgan fingerprint density at radius 3 is 2.67 bits per heavy atom. The number of carbonyl (C=O) groups excluding carboxylic acids is 1. The zero-order valence-corrected chi connectivity index (χ0v) is 18.3. The molecule has 4 aromatic rings. The quantitative estimate of drug-likeness (QED) is 0.373. The topological polar surface area (TPSA) is 79.1 Å². The lowest BCUT2D eigenvalue weighted by atomic mass is 10.1. The summed E-state index contributed by atoms with van der Waals surface area (Å²) in [6, 6.07) is 25.4. The summed E-state index contributed by atoms with van der Waals surface area (Å²) in [7, 11) is 1.63. The van der Waals surface area contributed by atoms with Gasteiger partial charge in [-0.1, -0.05) is 48.5 Å². The highest BCUT2D eigenvalue weighted by molar-refractivity contribution is 5.96. The molecule has 0 bridgehead atoms. The number of fused-ring (bicyclic) bond motifs is 1. The van der Waals surface area contributed by atoms with E-state index in [0.717, 1.165) is 33.5 Å². The highest BCUT2D eigenvalue weighted by Crippen LogP contribution is 2.36. The Hall–Kier alpha value is -4.50. The van der Waals surface area contributed by atoms with E-state index in [1.807, 2.05) is 60.7 Å². The maximum atomic E-state index is 12.1. The second kappa shape index (κ2) is 9.75. The molecule has 0 fully saturated rings. The number of nitrogens with zero attached hydrogens (tertiary/aromatic N) is 2. The molecule has 0 radical (unpaired) electrons. The molecule has 0 spiro atoms. The second-order valence-electron chi connectivity index (χ2n) is 7.49. The summed E-state index contributed by atoms with van der Waals surface area (Å²) in [6.07, 6.45) is 1.62. The lowest BCUT2D eigenvalue weighted by Gasteiger charge is -2.13. The van der Waals surface area contributed by atoms with Gasteiger partial charge in [-0.25, -0.2) is 4.79 Å². The van der Waals surface area contributed by atoms with Crippen LogP contribution in [0.1, 0.15) is 11.1 Å². The van der Waals surface area contributed by atoms with Gasteiger partial charge in [-0.3, -0.25) is 0 Å². The van der Waals surface area contributed by atoms with Gasteiger partial charge in [0.15, 0.2) is 0 Å². The van der Waals surface area contributed by atoms with Crippen LogP contribution in [0, 0.1) is 11.3 Å². The van der Waals surface area contributed by atoms with Crippen molar-refractivity contribution in [1.29, 1.82) is 5.26 Å². The first-order valence-corrected chi connectivity index (χ1v) is 10.5. The van der Waals surface area contributed by atoms with Gasteiger partial charge in [-0.2, -0.15) is 5.26 Å². The molecule has 1 aromatic heterocycles. The third-order valence-electron chi connectivity index (χ3n) is 5.37. The fraction of sp³-hybridized carbons (Fsp3) is 0.111. The number of hydrogen-bond donors (Lipinski definition) is 2. The summed E-state index contributed by atoms with van der Waals surface area (Å²) in [6.45, 7) is 4.56. The molecular formula is C27H24N4O2. The molecule has 0 aliphatic heterocycles. The minimum Gasteiger partial charge on any atom is -0.497 e. The monoisotopic (exact) mass is 436 g/mol. The van der Waals surface area contributed by atoms with E-state index in [9.17, 15) is 10.1 Å². The molecule has 164 valence electrons. The maximum Gasteiger partial charge on any atom is 0.319 e. The Labute approximate surface area is 192 Å². The van der Waals surface area contributed by atoms with E-state index < -0.39 is 0 Å². The summed E-state index contributed by atoms with van der Waals surface area (Å²) >= 11 is 0. The molecule has 2 amide bonds. The second-order valence-corrected chi connectivity index (χ2v) is 7.49. The average molecular weight is 437 g/mol. The van der Waals surface area contributed by atoms with Crippen molar-refractivity contribution in [2.45, 2.75) is 6.54 Å². The van der Waals surface area contributed by atoms with Gasteiger partial charge >= 0.3 is 6.03 Å². The number of benzene rings is 3. The van der Waals surface area contributed by atoms with Crippen LogP contribution in [0.3, 0.4) is 0 Å². The Bertz CT molecular complexity index is 1350. The number of nitrogens with one attached hydrogen (secondary N) is 2. The smallest absolute Gasteiger partial charge is 0.319 e. The highest BCUT2D eigenvalue weighted by Gasteiger charge is 2.20. The van der Waals surface area contributed by atoms with Crippen molar-refractivity contribution in [3.8, 4) is 23.1 Å². The lowest BCUT2D eigenvalue weighted by Crippen LogP contribution is -2.28. The van der Waals surface area contributed by atoms with E-state index in [-0.39, 0.29) is 6.03 Å². The highest BCUT2D eigenvalue weighted by atomic mass is 16.5. The summed E-state index contributed by atoms with van der Waals surface area (Å²) in [4.78, 5) is 12.1. The van der Waals surface area contributed by atoms with Gasteiger partial charge in [0.25, 0.3) is 0 Å². The fourth-order valence-electron chi connectivity index (χ4n) is 3.88. The molecule has 6 heteroatoms. The zero-order valence-electron chi connectivity index (χ0n) is 18.3. The molecule has 33 heavy (non-hydrogen) atoms. The molecule has 0 aliphatic rings. The first kappa shape index (κ1) is 21.7.